The predicted octanol–water partition coefficient (Wildman–Crippen LogP) is 1.71. The first-order valence-electron chi connectivity index (χ1n) is 11.0. The molecule has 1 aromatic carbocycles. The molecular formula is C24H25ClN2O6. The maximum Gasteiger partial charge on any atom is 0.313 e. The van der Waals surface area contributed by atoms with Crippen molar-refractivity contribution < 1.29 is 29.0 Å². The third-order valence-corrected chi connectivity index (χ3v) is 7.32. The van der Waals surface area contributed by atoms with Crippen LogP contribution in [0.15, 0.2) is 48.6 Å². The molecule has 2 saturated heterocycles. The average Bonchev–Trinajstić information content (AvgIpc) is 3.08. The van der Waals surface area contributed by atoms with Crippen LogP contribution < -0.4 is 4.90 Å². The SMILES string of the molecule is C[C@]12C=CCCOC(=O)[C@H]1[C@H]1C(=O)N(CCO)C3C(=O)N(c4ccccc4Cl)CC=C[C@@]31O2. The van der Waals surface area contributed by atoms with Crippen LogP contribution in [0.4, 0.5) is 5.69 Å². The molecule has 174 valence electrons. The first kappa shape index (κ1) is 22.1. The number of halogens is 1. The Bertz CT molecular complexity index is 1070. The second-order valence-electron chi connectivity index (χ2n) is 8.91. The third kappa shape index (κ3) is 3.15. The van der Waals surface area contributed by atoms with Crippen molar-refractivity contribution in [3.05, 3.63) is 53.6 Å². The zero-order valence-electron chi connectivity index (χ0n) is 18.1. The Kier molecular flexibility index (Phi) is 5.34. The van der Waals surface area contributed by atoms with E-state index in [9.17, 15) is 19.5 Å². The van der Waals surface area contributed by atoms with E-state index in [1.165, 1.54) is 9.80 Å². The molecule has 4 heterocycles. The number of cyclic esters (lactones) is 1. The van der Waals surface area contributed by atoms with Crippen LogP contribution in [0.3, 0.4) is 0 Å². The summed E-state index contributed by atoms with van der Waals surface area (Å²) < 4.78 is 12.0. The van der Waals surface area contributed by atoms with E-state index in [4.69, 9.17) is 21.1 Å². The van der Waals surface area contributed by atoms with E-state index in [2.05, 4.69) is 0 Å². The Morgan fingerprint density at radius 3 is 2.67 bits per heavy atom. The molecule has 0 radical (unpaired) electrons. The fraction of sp³-hybridized carbons (Fsp3) is 0.458. The summed E-state index contributed by atoms with van der Waals surface area (Å²) in [6, 6.07) is 5.92. The highest BCUT2D eigenvalue weighted by molar-refractivity contribution is 6.34. The first-order chi connectivity index (χ1) is 15.8. The van der Waals surface area contributed by atoms with Crippen molar-refractivity contribution in [3.8, 4) is 0 Å². The molecule has 0 bridgehead atoms. The Morgan fingerprint density at radius 1 is 1.12 bits per heavy atom. The molecule has 0 aliphatic carbocycles. The summed E-state index contributed by atoms with van der Waals surface area (Å²) in [6.07, 6.45) is 7.74. The number of hydrogen-bond donors (Lipinski definition) is 1. The number of fused-ring (bicyclic) bond motifs is 2. The highest BCUT2D eigenvalue weighted by atomic mass is 35.5. The van der Waals surface area contributed by atoms with Gasteiger partial charge in [-0.15, -0.1) is 0 Å². The standard InChI is InChI=1S/C24H25ClN2O6/c1-23-9-4-5-14-32-22(31)18(23)17-20(29)27(12-13-28)19-21(30)26(11-6-10-24(17,19)33-23)16-8-3-2-7-15(16)25/h2-4,6-10,17-19,28H,5,11-14H2,1H3/t17-,18+,19?,23-,24-/m0/s1. The van der Waals surface area contributed by atoms with Gasteiger partial charge in [-0.1, -0.05) is 48.0 Å². The maximum atomic E-state index is 14.0. The minimum absolute atomic E-state index is 0.0601. The van der Waals surface area contributed by atoms with Crippen LogP contribution in [-0.4, -0.2) is 71.3 Å². The zero-order valence-corrected chi connectivity index (χ0v) is 18.9. The number of esters is 1. The molecule has 0 saturated carbocycles. The lowest BCUT2D eigenvalue weighted by Gasteiger charge is -2.37. The number of para-hydroxylation sites is 1. The fourth-order valence-electron chi connectivity index (χ4n) is 5.72. The average molecular weight is 473 g/mol. The van der Waals surface area contributed by atoms with Gasteiger partial charge in [0.15, 0.2) is 0 Å². The monoisotopic (exact) mass is 472 g/mol. The largest absolute Gasteiger partial charge is 0.465 e. The Morgan fingerprint density at radius 2 is 1.91 bits per heavy atom. The number of rotatable bonds is 3. The number of carbonyl (C=O) groups is 3. The van der Waals surface area contributed by atoms with Gasteiger partial charge < -0.3 is 24.4 Å². The molecule has 2 amide bonds. The number of nitrogens with zero attached hydrogens (tertiary/aromatic N) is 2. The number of amides is 2. The van der Waals surface area contributed by atoms with Crippen LogP contribution in [0.2, 0.25) is 5.02 Å². The molecule has 1 aromatic rings. The lowest BCUT2D eigenvalue weighted by Crippen LogP contribution is -2.56. The van der Waals surface area contributed by atoms with Crippen molar-refractivity contribution in [2.45, 2.75) is 30.6 Å². The second-order valence-corrected chi connectivity index (χ2v) is 9.32. The van der Waals surface area contributed by atoms with Crippen LogP contribution >= 0.6 is 11.6 Å². The lowest BCUT2D eigenvalue weighted by molar-refractivity contribution is -0.159. The summed E-state index contributed by atoms with van der Waals surface area (Å²) in [6.45, 7) is 1.80. The highest BCUT2D eigenvalue weighted by Gasteiger charge is 2.74. The number of hydrogen-bond acceptors (Lipinski definition) is 6. The Balaban J connectivity index is 1.66. The van der Waals surface area contributed by atoms with Gasteiger partial charge in [0.1, 0.15) is 17.6 Å². The minimum atomic E-state index is -1.38. The molecule has 8 nitrogen and oxygen atoms in total. The topological polar surface area (TPSA) is 96.4 Å². The molecule has 5 rings (SSSR count). The zero-order chi connectivity index (χ0) is 23.4. The van der Waals surface area contributed by atoms with Gasteiger partial charge in [0.2, 0.25) is 5.91 Å². The van der Waals surface area contributed by atoms with Crippen LogP contribution in [0, 0.1) is 11.8 Å². The molecule has 1 unspecified atom stereocenters. The number of aliphatic hydroxyl groups is 1. The number of ether oxygens (including phenoxy) is 2. The smallest absolute Gasteiger partial charge is 0.313 e. The summed E-state index contributed by atoms with van der Waals surface area (Å²) in [7, 11) is 0. The molecule has 2 fully saturated rings. The van der Waals surface area contributed by atoms with Crippen molar-refractivity contribution >= 4 is 35.1 Å². The number of β-amino-alcohol motifs (C(OH)–C–C–N with tert-alkyl or cyclic N) is 1. The summed E-state index contributed by atoms with van der Waals surface area (Å²) in [5, 5.41) is 10.1. The first-order valence-corrected chi connectivity index (χ1v) is 11.4. The van der Waals surface area contributed by atoms with Gasteiger partial charge in [-0.3, -0.25) is 14.4 Å². The maximum absolute atomic E-state index is 14.0. The Hall–Kier alpha value is -2.68. The molecule has 1 spiro atoms. The molecule has 4 aliphatic rings. The fourth-order valence-corrected chi connectivity index (χ4v) is 5.96. The van der Waals surface area contributed by atoms with Gasteiger partial charge in [0.25, 0.3) is 5.91 Å². The van der Waals surface area contributed by atoms with Crippen LogP contribution in [0.5, 0.6) is 0 Å². The van der Waals surface area contributed by atoms with E-state index in [0.29, 0.717) is 17.1 Å². The van der Waals surface area contributed by atoms with Crippen molar-refractivity contribution in [2.24, 2.45) is 11.8 Å². The minimum Gasteiger partial charge on any atom is -0.465 e. The van der Waals surface area contributed by atoms with Gasteiger partial charge in [-0.25, -0.2) is 0 Å². The van der Waals surface area contributed by atoms with E-state index in [1.54, 1.807) is 49.4 Å². The van der Waals surface area contributed by atoms with E-state index in [1.807, 2.05) is 6.08 Å². The number of benzene rings is 1. The summed E-state index contributed by atoms with van der Waals surface area (Å²) in [4.78, 5) is 43.7. The second kappa shape index (κ2) is 7.97. The lowest BCUT2D eigenvalue weighted by atomic mass is 9.74. The molecule has 33 heavy (non-hydrogen) atoms. The van der Waals surface area contributed by atoms with Gasteiger partial charge in [-0.05, 0) is 25.5 Å². The predicted molar refractivity (Wildman–Crippen MR) is 119 cm³/mol. The van der Waals surface area contributed by atoms with E-state index >= 15 is 0 Å². The van der Waals surface area contributed by atoms with Crippen LogP contribution in [0.1, 0.15) is 13.3 Å². The van der Waals surface area contributed by atoms with Gasteiger partial charge in [0.05, 0.1) is 35.4 Å². The number of carbonyl (C=O) groups excluding carboxylic acids is 3. The van der Waals surface area contributed by atoms with E-state index in [-0.39, 0.29) is 32.2 Å². The van der Waals surface area contributed by atoms with E-state index < -0.39 is 41.0 Å². The number of likely N-dealkylation sites (tertiary alicyclic amines) is 1. The summed E-state index contributed by atoms with van der Waals surface area (Å²) in [5.74, 6) is -3.19. The number of anilines is 1. The quantitative estimate of drug-likeness (QED) is 0.531. The molecule has 0 aromatic heterocycles. The summed E-state index contributed by atoms with van der Waals surface area (Å²) >= 11 is 6.39. The highest BCUT2D eigenvalue weighted by Crippen LogP contribution is 2.57. The molecule has 5 atom stereocenters. The molecule has 4 aliphatic heterocycles. The van der Waals surface area contributed by atoms with Crippen molar-refractivity contribution in [1.29, 1.82) is 0 Å². The summed E-state index contributed by atoms with van der Waals surface area (Å²) in [5.41, 5.74) is -1.99. The van der Waals surface area contributed by atoms with Crippen molar-refractivity contribution in [1.82, 2.24) is 4.90 Å². The van der Waals surface area contributed by atoms with Crippen molar-refractivity contribution in [3.63, 3.8) is 0 Å². The molecule has 1 N–H and O–H groups in total. The van der Waals surface area contributed by atoms with Gasteiger partial charge >= 0.3 is 5.97 Å². The molecule has 9 heteroatoms. The van der Waals surface area contributed by atoms with Crippen molar-refractivity contribution in [2.75, 3.05) is 31.2 Å². The van der Waals surface area contributed by atoms with Crippen LogP contribution in [-0.2, 0) is 23.9 Å². The normalized spacial score (nSPS) is 35.5. The van der Waals surface area contributed by atoms with E-state index in [0.717, 1.165) is 0 Å². The van der Waals surface area contributed by atoms with Gasteiger partial charge in [-0.2, -0.15) is 0 Å². The Labute approximate surface area is 196 Å². The third-order valence-electron chi connectivity index (χ3n) is 7.00. The van der Waals surface area contributed by atoms with Gasteiger partial charge in [0, 0.05) is 13.1 Å². The van der Waals surface area contributed by atoms with Crippen LogP contribution in [0.25, 0.3) is 0 Å². The number of aliphatic hydroxyl groups excluding tert-OH is 1. The molecular weight excluding hydrogens is 448 g/mol.